The molecule has 0 aliphatic rings. The molecule has 3 heteroatoms. The number of hydrogen-bond acceptors (Lipinski definition) is 1. The molecule has 0 saturated carbocycles. The fourth-order valence-corrected chi connectivity index (χ4v) is 2.84. The van der Waals surface area contributed by atoms with E-state index in [1.165, 1.54) is 24.8 Å². The van der Waals surface area contributed by atoms with Crippen molar-refractivity contribution < 1.29 is 0 Å². The van der Waals surface area contributed by atoms with Crippen LogP contribution in [0.1, 0.15) is 38.7 Å². The standard InChI is InChI=1S/C15H23Cl2N/c1-4-5-11(2)8-14(18-3)9-12-6-7-13(16)10-15(12)17/h6-7,10-11,14,18H,4-5,8-9H2,1-3H3. The Balaban J connectivity index is 2.62. The highest BCUT2D eigenvalue weighted by molar-refractivity contribution is 6.35. The van der Waals surface area contributed by atoms with Crippen LogP contribution in [0.15, 0.2) is 18.2 Å². The van der Waals surface area contributed by atoms with Crippen LogP contribution in [-0.2, 0) is 6.42 Å². The molecule has 1 aromatic carbocycles. The van der Waals surface area contributed by atoms with Crippen molar-refractivity contribution in [3.63, 3.8) is 0 Å². The second-order valence-electron chi connectivity index (χ2n) is 5.06. The Morgan fingerprint density at radius 3 is 2.56 bits per heavy atom. The van der Waals surface area contributed by atoms with Gasteiger partial charge in [-0.2, -0.15) is 0 Å². The first-order chi connectivity index (χ1) is 8.56. The summed E-state index contributed by atoms with van der Waals surface area (Å²) in [6.45, 7) is 4.55. The minimum atomic E-state index is 0.477. The third kappa shape index (κ3) is 5.17. The van der Waals surface area contributed by atoms with Crippen LogP contribution in [0.2, 0.25) is 10.0 Å². The minimum absolute atomic E-state index is 0.477. The van der Waals surface area contributed by atoms with E-state index in [1.807, 2.05) is 25.2 Å². The van der Waals surface area contributed by atoms with E-state index in [-0.39, 0.29) is 0 Å². The molecular formula is C15H23Cl2N. The molecule has 0 aliphatic heterocycles. The van der Waals surface area contributed by atoms with Crippen molar-refractivity contribution >= 4 is 23.2 Å². The van der Waals surface area contributed by atoms with Gasteiger partial charge >= 0.3 is 0 Å². The van der Waals surface area contributed by atoms with Gasteiger partial charge in [0.25, 0.3) is 0 Å². The Bertz CT molecular complexity index is 366. The number of hydrogen-bond donors (Lipinski definition) is 1. The lowest BCUT2D eigenvalue weighted by atomic mass is 9.93. The largest absolute Gasteiger partial charge is 0.317 e. The quantitative estimate of drug-likeness (QED) is 0.748. The highest BCUT2D eigenvalue weighted by Crippen LogP contribution is 2.24. The molecule has 0 bridgehead atoms. The number of nitrogens with one attached hydrogen (secondary N) is 1. The molecule has 0 fully saturated rings. The summed E-state index contributed by atoms with van der Waals surface area (Å²) in [4.78, 5) is 0. The predicted molar refractivity (Wildman–Crippen MR) is 81.7 cm³/mol. The van der Waals surface area contributed by atoms with Gasteiger partial charge in [0.05, 0.1) is 0 Å². The van der Waals surface area contributed by atoms with Crippen molar-refractivity contribution in [1.82, 2.24) is 5.32 Å². The van der Waals surface area contributed by atoms with Crippen LogP contribution in [0.4, 0.5) is 0 Å². The number of benzene rings is 1. The number of halogens is 2. The SMILES string of the molecule is CCCC(C)CC(Cc1ccc(Cl)cc1Cl)NC. The van der Waals surface area contributed by atoms with Gasteiger partial charge in [0.2, 0.25) is 0 Å². The zero-order valence-corrected chi connectivity index (χ0v) is 13.0. The summed E-state index contributed by atoms with van der Waals surface area (Å²) >= 11 is 12.1. The van der Waals surface area contributed by atoms with E-state index in [1.54, 1.807) is 0 Å². The van der Waals surface area contributed by atoms with Gasteiger partial charge in [-0.1, -0.05) is 56.0 Å². The summed E-state index contributed by atoms with van der Waals surface area (Å²) in [6, 6.07) is 6.23. The van der Waals surface area contributed by atoms with Crippen LogP contribution in [0.5, 0.6) is 0 Å². The van der Waals surface area contributed by atoms with Gasteiger partial charge < -0.3 is 5.32 Å². The molecular weight excluding hydrogens is 265 g/mol. The van der Waals surface area contributed by atoms with Crippen molar-refractivity contribution in [2.24, 2.45) is 5.92 Å². The lowest BCUT2D eigenvalue weighted by Crippen LogP contribution is -2.29. The molecule has 0 amide bonds. The van der Waals surface area contributed by atoms with Gasteiger partial charge in [-0.3, -0.25) is 0 Å². The van der Waals surface area contributed by atoms with E-state index < -0.39 is 0 Å². The lowest BCUT2D eigenvalue weighted by Gasteiger charge is -2.21. The Morgan fingerprint density at radius 1 is 1.28 bits per heavy atom. The highest BCUT2D eigenvalue weighted by Gasteiger charge is 2.13. The third-order valence-electron chi connectivity index (χ3n) is 3.36. The summed E-state index contributed by atoms with van der Waals surface area (Å²) < 4.78 is 0. The van der Waals surface area contributed by atoms with Crippen molar-refractivity contribution in [2.45, 2.75) is 45.6 Å². The van der Waals surface area contributed by atoms with Gasteiger partial charge in [0.1, 0.15) is 0 Å². The maximum absolute atomic E-state index is 6.22. The van der Waals surface area contributed by atoms with Crippen LogP contribution in [0.3, 0.4) is 0 Å². The molecule has 0 spiro atoms. The molecule has 0 aliphatic carbocycles. The molecule has 1 nitrogen and oxygen atoms in total. The van der Waals surface area contributed by atoms with E-state index >= 15 is 0 Å². The van der Waals surface area contributed by atoms with Crippen LogP contribution in [0, 0.1) is 5.92 Å². The topological polar surface area (TPSA) is 12.0 Å². The molecule has 2 unspecified atom stereocenters. The van der Waals surface area contributed by atoms with Crippen molar-refractivity contribution in [2.75, 3.05) is 7.05 Å². The number of likely N-dealkylation sites (N-methyl/N-ethyl adjacent to an activating group) is 1. The van der Waals surface area contributed by atoms with E-state index in [2.05, 4.69) is 19.2 Å². The fourth-order valence-electron chi connectivity index (χ4n) is 2.35. The summed E-state index contributed by atoms with van der Waals surface area (Å²) in [5, 5.41) is 4.86. The first kappa shape index (κ1) is 15.8. The van der Waals surface area contributed by atoms with Gasteiger partial charge in [-0.15, -0.1) is 0 Å². The van der Waals surface area contributed by atoms with Crippen LogP contribution < -0.4 is 5.32 Å². The van der Waals surface area contributed by atoms with Crippen LogP contribution >= 0.6 is 23.2 Å². The highest BCUT2D eigenvalue weighted by atomic mass is 35.5. The normalized spacial score (nSPS) is 14.5. The molecule has 0 saturated heterocycles. The van der Waals surface area contributed by atoms with E-state index in [4.69, 9.17) is 23.2 Å². The summed E-state index contributed by atoms with van der Waals surface area (Å²) in [5.41, 5.74) is 1.17. The molecule has 1 rings (SSSR count). The Hall–Kier alpha value is -0.240. The van der Waals surface area contributed by atoms with E-state index in [9.17, 15) is 0 Å². The Morgan fingerprint density at radius 2 is 2.00 bits per heavy atom. The molecule has 0 aromatic heterocycles. The second kappa shape index (κ2) is 8.04. The molecule has 102 valence electrons. The van der Waals surface area contributed by atoms with Crippen LogP contribution in [-0.4, -0.2) is 13.1 Å². The molecule has 2 atom stereocenters. The van der Waals surface area contributed by atoms with Crippen LogP contribution in [0.25, 0.3) is 0 Å². The van der Waals surface area contributed by atoms with E-state index in [0.717, 1.165) is 17.4 Å². The maximum Gasteiger partial charge on any atom is 0.0453 e. The Kier molecular flexibility index (Phi) is 7.06. The minimum Gasteiger partial charge on any atom is -0.317 e. The number of rotatable bonds is 7. The molecule has 0 radical (unpaired) electrons. The van der Waals surface area contributed by atoms with Crippen molar-refractivity contribution in [3.8, 4) is 0 Å². The summed E-state index contributed by atoms with van der Waals surface area (Å²) in [6.07, 6.45) is 4.68. The second-order valence-corrected chi connectivity index (χ2v) is 5.90. The first-order valence-corrected chi connectivity index (χ1v) is 7.43. The fraction of sp³-hybridized carbons (Fsp3) is 0.600. The van der Waals surface area contributed by atoms with Gasteiger partial charge in [-0.05, 0) is 43.5 Å². The van der Waals surface area contributed by atoms with E-state index in [0.29, 0.717) is 11.1 Å². The third-order valence-corrected chi connectivity index (χ3v) is 3.94. The smallest absolute Gasteiger partial charge is 0.0453 e. The van der Waals surface area contributed by atoms with Gasteiger partial charge in [0, 0.05) is 16.1 Å². The predicted octanol–water partition coefficient (Wildman–Crippen LogP) is 4.95. The monoisotopic (exact) mass is 287 g/mol. The molecule has 18 heavy (non-hydrogen) atoms. The molecule has 1 N–H and O–H groups in total. The Labute approximate surface area is 121 Å². The lowest BCUT2D eigenvalue weighted by molar-refractivity contribution is 0.397. The maximum atomic E-state index is 6.22. The van der Waals surface area contributed by atoms with Crippen molar-refractivity contribution in [1.29, 1.82) is 0 Å². The zero-order valence-electron chi connectivity index (χ0n) is 11.5. The average molecular weight is 288 g/mol. The zero-order chi connectivity index (χ0) is 13.5. The molecule has 0 heterocycles. The summed E-state index contributed by atoms with van der Waals surface area (Å²) in [7, 11) is 2.02. The summed E-state index contributed by atoms with van der Waals surface area (Å²) in [5.74, 6) is 0.749. The van der Waals surface area contributed by atoms with Gasteiger partial charge in [0.15, 0.2) is 0 Å². The first-order valence-electron chi connectivity index (χ1n) is 6.68. The molecule has 1 aromatic rings. The average Bonchev–Trinajstić information content (AvgIpc) is 2.31. The van der Waals surface area contributed by atoms with Crippen molar-refractivity contribution in [3.05, 3.63) is 33.8 Å². The van der Waals surface area contributed by atoms with Gasteiger partial charge in [-0.25, -0.2) is 0 Å².